The maximum atomic E-state index is 12.6. The van der Waals surface area contributed by atoms with E-state index in [0.717, 1.165) is 34.1 Å². The van der Waals surface area contributed by atoms with Gasteiger partial charge in [-0.15, -0.1) is 0 Å². The van der Waals surface area contributed by atoms with Crippen molar-refractivity contribution in [2.24, 2.45) is 0 Å². The van der Waals surface area contributed by atoms with Crippen molar-refractivity contribution >= 4 is 23.1 Å². The molecule has 5 nitrogen and oxygen atoms in total. The molecule has 0 aliphatic heterocycles. The summed E-state index contributed by atoms with van der Waals surface area (Å²) in [7, 11) is 3.58. The van der Waals surface area contributed by atoms with Crippen LogP contribution in [-0.4, -0.2) is 25.0 Å². The standard InChI is InChI=1S/C22H23N3O2/c1-15-10-12-19(16(2)21(15)27-4)24-22(26)17-11-13-20(23-14-17)25(3)18-8-6-5-7-9-18/h5-14H,1-4H3,(H,24,26). The summed E-state index contributed by atoms with van der Waals surface area (Å²) in [4.78, 5) is 19.0. The van der Waals surface area contributed by atoms with Gasteiger partial charge < -0.3 is 15.0 Å². The van der Waals surface area contributed by atoms with Crippen LogP contribution < -0.4 is 15.0 Å². The molecule has 1 amide bonds. The van der Waals surface area contributed by atoms with Crippen molar-refractivity contribution < 1.29 is 9.53 Å². The molecule has 0 radical (unpaired) electrons. The van der Waals surface area contributed by atoms with Crippen molar-refractivity contribution in [3.8, 4) is 5.75 Å². The molecule has 138 valence electrons. The van der Waals surface area contributed by atoms with E-state index in [4.69, 9.17) is 4.74 Å². The second-order valence-corrected chi connectivity index (χ2v) is 6.34. The molecule has 0 atom stereocenters. The van der Waals surface area contributed by atoms with Crippen LogP contribution in [0.1, 0.15) is 21.5 Å². The van der Waals surface area contributed by atoms with Crippen molar-refractivity contribution in [2.45, 2.75) is 13.8 Å². The second-order valence-electron chi connectivity index (χ2n) is 6.34. The first-order chi connectivity index (χ1) is 13.0. The summed E-state index contributed by atoms with van der Waals surface area (Å²) >= 11 is 0. The Hall–Kier alpha value is -3.34. The Bertz CT molecular complexity index is 938. The first kappa shape index (κ1) is 18.5. The molecule has 27 heavy (non-hydrogen) atoms. The lowest BCUT2D eigenvalue weighted by molar-refractivity contribution is 0.102. The van der Waals surface area contributed by atoms with Crippen LogP contribution in [0.3, 0.4) is 0 Å². The zero-order valence-corrected chi connectivity index (χ0v) is 16.0. The average Bonchev–Trinajstić information content (AvgIpc) is 2.70. The number of carbonyl (C=O) groups is 1. The van der Waals surface area contributed by atoms with Gasteiger partial charge in [0.25, 0.3) is 5.91 Å². The van der Waals surface area contributed by atoms with Gasteiger partial charge in [0, 0.05) is 30.2 Å². The number of ether oxygens (including phenoxy) is 1. The first-order valence-corrected chi connectivity index (χ1v) is 8.71. The Morgan fingerprint density at radius 2 is 1.78 bits per heavy atom. The number of anilines is 3. The van der Waals surface area contributed by atoms with E-state index in [1.165, 1.54) is 0 Å². The molecule has 0 fully saturated rings. The van der Waals surface area contributed by atoms with E-state index in [-0.39, 0.29) is 5.91 Å². The average molecular weight is 361 g/mol. The van der Waals surface area contributed by atoms with Gasteiger partial charge in [0.15, 0.2) is 0 Å². The zero-order chi connectivity index (χ0) is 19.4. The predicted octanol–water partition coefficient (Wildman–Crippen LogP) is 4.73. The largest absolute Gasteiger partial charge is 0.496 e. The Morgan fingerprint density at radius 1 is 1.04 bits per heavy atom. The number of hydrogen-bond acceptors (Lipinski definition) is 4. The molecule has 0 aliphatic rings. The van der Waals surface area contributed by atoms with Crippen LogP contribution in [0.25, 0.3) is 0 Å². The maximum Gasteiger partial charge on any atom is 0.257 e. The van der Waals surface area contributed by atoms with Crippen LogP contribution in [-0.2, 0) is 0 Å². The van der Waals surface area contributed by atoms with Gasteiger partial charge in [-0.1, -0.05) is 24.3 Å². The van der Waals surface area contributed by atoms with E-state index in [9.17, 15) is 4.79 Å². The molecular formula is C22H23N3O2. The van der Waals surface area contributed by atoms with E-state index in [2.05, 4.69) is 10.3 Å². The molecule has 3 rings (SSSR count). The molecule has 0 bridgehead atoms. The molecule has 1 heterocycles. The summed E-state index contributed by atoms with van der Waals surface area (Å²) in [5.41, 5.74) is 4.19. The van der Waals surface area contributed by atoms with Gasteiger partial charge in [0.1, 0.15) is 11.6 Å². The number of aromatic nitrogens is 1. The monoisotopic (exact) mass is 361 g/mol. The first-order valence-electron chi connectivity index (χ1n) is 8.71. The number of para-hydroxylation sites is 1. The van der Waals surface area contributed by atoms with Crippen LogP contribution >= 0.6 is 0 Å². The minimum Gasteiger partial charge on any atom is -0.496 e. The highest BCUT2D eigenvalue weighted by atomic mass is 16.5. The van der Waals surface area contributed by atoms with E-state index >= 15 is 0 Å². The fourth-order valence-electron chi connectivity index (χ4n) is 2.97. The summed E-state index contributed by atoms with van der Waals surface area (Å²) in [5.74, 6) is 1.35. The van der Waals surface area contributed by atoms with Crippen molar-refractivity contribution in [3.05, 3.63) is 77.5 Å². The Morgan fingerprint density at radius 3 is 2.41 bits per heavy atom. The number of pyridine rings is 1. The third-order valence-electron chi connectivity index (χ3n) is 4.55. The third kappa shape index (κ3) is 3.92. The lowest BCUT2D eigenvalue weighted by atomic mass is 10.1. The lowest BCUT2D eigenvalue weighted by Gasteiger charge is -2.18. The summed E-state index contributed by atoms with van der Waals surface area (Å²) in [6, 6.07) is 17.4. The van der Waals surface area contributed by atoms with Crippen LogP contribution in [0.15, 0.2) is 60.8 Å². The van der Waals surface area contributed by atoms with Crippen LogP contribution in [0.2, 0.25) is 0 Å². The minimum absolute atomic E-state index is 0.203. The molecule has 0 aliphatic carbocycles. The van der Waals surface area contributed by atoms with Gasteiger partial charge in [-0.3, -0.25) is 4.79 Å². The fraction of sp³-hybridized carbons (Fsp3) is 0.182. The number of nitrogens with one attached hydrogen (secondary N) is 1. The van der Waals surface area contributed by atoms with Crippen molar-refractivity contribution in [2.75, 3.05) is 24.4 Å². The maximum absolute atomic E-state index is 12.6. The lowest BCUT2D eigenvalue weighted by Crippen LogP contribution is -2.15. The zero-order valence-electron chi connectivity index (χ0n) is 16.0. The van der Waals surface area contributed by atoms with E-state index in [0.29, 0.717) is 5.56 Å². The van der Waals surface area contributed by atoms with Gasteiger partial charge in [0.05, 0.1) is 12.7 Å². The number of nitrogens with zero attached hydrogens (tertiary/aromatic N) is 2. The molecule has 1 N–H and O–H groups in total. The van der Waals surface area contributed by atoms with E-state index in [1.54, 1.807) is 19.4 Å². The number of benzene rings is 2. The fourth-order valence-corrected chi connectivity index (χ4v) is 2.97. The highest BCUT2D eigenvalue weighted by Gasteiger charge is 2.13. The summed E-state index contributed by atoms with van der Waals surface area (Å²) in [6.45, 7) is 3.90. The number of amides is 1. The Labute approximate surface area is 159 Å². The summed E-state index contributed by atoms with van der Waals surface area (Å²) in [5, 5.41) is 2.94. The van der Waals surface area contributed by atoms with Crippen molar-refractivity contribution in [1.82, 2.24) is 4.98 Å². The van der Waals surface area contributed by atoms with E-state index < -0.39 is 0 Å². The molecule has 1 aromatic heterocycles. The van der Waals surface area contributed by atoms with Crippen molar-refractivity contribution in [3.63, 3.8) is 0 Å². The van der Waals surface area contributed by atoms with Crippen LogP contribution in [0.4, 0.5) is 17.2 Å². The summed E-state index contributed by atoms with van der Waals surface area (Å²) < 4.78 is 5.42. The van der Waals surface area contributed by atoms with Gasteiger partial charge >= 0.3 is 0 Å². The van der Waals surface area contributed by atoms with Gasteiger partial charge in [-0.25, -0.2) is 4.98 Å². The number of methoxy groups -OCH3 is 1. The quantitative estimate of drug-likeness (QED) is 0.714. The predicted molar refractivity (Wildman–Crippen MR) is 109 cm³/mol. The minimum atomic E-state index is -0.203. The van der Waals surface area contributed by atoms with Crippen LogP contribution in [0.5, 0.6) is 5.75 Å². The number of rotatable bonds is 5. The third-order valence-corrected chi connectivity index (χ3v) is 4.55. The molecule has 0 spiro atoms. The van der Waals surface area contributed by atoms with Gasteiger partial charge in [-0.2, -0.15) is 0 Å². The Kier molecular flexibility index (Phi) is 5.41. The molecule has 0 saturated heterocycles. The number of aryl methyl sites for hydroxylation is 1. The van der Waals surface area contributed by atoms with E-state index in [1.807, 2.05) is 74.3 Å². The molecule has 5 heteroatoms. The number of carbonyl (C=O) groups excluding carboxylic acids is 1. The Balaban J connectivity index is 1.77. The number of hydrogen-bond donors (Lipinski definition) is 1. The van der Waals surface area contributed by atoms with Crippen molar-refractivity contribution in [1.29, 1.82) is 0 Å². The topological polar surface area (TPSA) is 54.5 Å². The molecular weight excluding hydrogens is 338 g/mol. The highest BCUT2D eigenvalue weighted by Crippen LogP contribution is 2.29. The normalized spacial score (nSPS) is 10.4. The molecule has 2 aromatic carbocycles. The van der Waals surface area contributed by atoms with Gasteiger partial charge in [-0.05, 0) is 49.7 Å². The molecule has 3 aromatic rings. The highest BCUT2D eigenvalue weighted by molar-refractivity contribution is 6.04. The molecule has 0 unspecified atom stereocenters. The summed E-state index contributed by atoms with van der Waals surface area (Å²) in [6.07, 6.45) is 1.59. The smallest absolute Gasteiger partial charge is 0.257 e. The SMILES string of the molecule is COc1c(C)ccc(NC(=O)c2ccc(N(C)c3ccccc3)nc2)c1C. The molecule has 0 saturated carbocycles. The van der Waals surface area contributed by atoms with Crippen LogP contribution in [0, 0.1) is 13.8 Å². The van der Waals surface area contributed by atoms with Gasteiger partial charge in [0.2, 0.25) is 0 Å². The second kappa shape index (κ2) is 7.91.